The quantitative estimate of drug-likeness (QED) is 0.792. The lowest BCUT2D eigenvalue weighted by Gasteiger charge is -2.34. The van der Waals surface area contributed by atoms with Crippen LogP contribution in [-0.4, -0.2) is 17.0 Å². The van der Waals surface area contributed by atoms with Gasteiger partial charge in [0.1, 0.15) is 0 Å². The minimum atomic E-state index is 0.873. The Labute approximate surface area is 106 Å². The predicted molar refractivity (Wildman–Crippen MR) is 70.3 cm³/mol. The number of fused-ring (bicyclic) bond motifs is 2. The Bertz CT molecular complexity index is 361. The largest absolute Gasteiger partial charge is 0.293 e. The summed E-state index contributed by atoms with van der Waals surface area (Å²) in [6.45, 7) is 1.15. The number of benzene rings is 1. The lowest BCUT2D eigenvalue weighted by atomic mass is 10.0. The fourth-order valence-corrected chi connectivity index (χ4v) is 3.77. The summed E-state index contributed by atoms with van der Waals surface area (Å²) >= 11 is 3.55. The van der Waals surface area contributed by atoms with Gasteiger partial charge >= 0.3 is 0 Å². The van der Waals surface area contributed by atoms with Gasteiger partial charge in [0.15, 0.2) is 0 Å². The molecule has 0 amide bonds. The topological polar surface area (TPSA) is 3.24 Å². The highest BCUT2D eigenvalue weighted by Gasteiger charge is 2.35. The minimum absolute atomic E-state index is 0.873. The van der Waals surface area contributed by atoms with Crippen LogP contribution in [0.15, 0.2) is 28.7 Å². The van der Waals surface area contributed by atoms with Crippen LogP contribution >= 0.6 is 15.9 Å². The Morgan fingerprint density at radius 2 is 1.88 bits per heavy atom. The van der Waals surface area contributed by atoms with E-state index >= 15 is 0 Å². The number of nitrogens with zero attached hydrogens (tertiary/aromatic N) is 1. The summed E-state index contributed by atoms with van der Waals surface area (Å²) in [4.78, 5) is 2.74. The second kappa shape index (κ2) is 4.50. The third kappa shape index (κ3) is 2.05. The van der Waals surface area contributed by atoms with Crippen LogP contribution in [0.25, 0.3) is 0 Å². The summed E-state index contributed by atoms with van der Waals surface area (Å²) in [6.07, 6.45) is 7.15. The van der Waals surface area contributed by atoms with Gasteiger partial charge in [0.05, 0.1) is 0 Å². The number of piperidine rings is 1. The van der Waals surface area contributed by atoms with Crippen LogP contribution in [0.2, 0.25) is 0 Å². The molecule has 2 saturated heterocycles. The van der Waals surface area contributed by atoms with Crippen molar-refractivity contribution in [1.29, 1.82) is 0 Å². The molecule has 2 bridgehead atoms. The molecule has 3 rings (SSSR count). The molecular formula is C14H18BrN. The molecule has 0 unspecified atom stereocenters. The molecule has 2 aliphatic heterocycles. The van der Waals surface area contributed by atoms with Crippen molar-refractivity contribution < 1.29 is 0 Å². The zero-order chi connectivity index (χ0) is 11.0. The van der Waals surface area contributed by atoms with E-state index in [0.717, 1.165) is 18.6 Å². The number of hydrogen-bond acceptors (Lipinski definition) is 1. The zero-order valence-corrected chi connectivity index (χ0v) is 11.1. The Balaban J connectivity index is 1.75. The Hall–Kier alpha value is -0.340. The van der Waals surface area contributed by atoms with E-state index in [1.165, 1.54) is 42.1 Å². The van der Waals surface area contributed by atoms with E-state index in [9.17, 15) is 0 Å². The SMILES string of the molecule is Brc1cccc(CN2[C@@H]3CCC[C@H]2CC3)c1. The molecule has 0 aromatic heterocycles. The molecule has 2 atom stereocenters. The first kappa shape index (κ1) is 10.8. The van der Waals surface area contributed by atoms with Crippen LogP contribution in [0.1, 0.15) is 37.7 Å². The van der Waals surface area contributed by atoms with E-state index in [1.807, 2.05) is 0 Å². The van der Waals surface area contributed by atoms with Gasteiger partial charge in [-0.1, -0.05) is 34.5 Å². The Kier molecular flexibility index (Phi) is 3.03. The predicted octanol–water partition coefficient (Wildman–Crippen LogP) is 3.97. The average molecular weight is 280 g/mol. The molecule has 0 radical (unpaired) electrons. The molecular weight excluding hydrogens is 262 g/mol. The van der Waals surface area contributed by atoms with Gasteiger partial charge in [-0.15, -0.1) is 0 Å². The van der Waals surface area contributed by atoms with Crippen molar-refractivity contribution in [3.05, 3.63) is 34.3 Å². The lowest BCUT2D eigenvalue weighted by molar-refractivity contribution is 0.132. The summed E-state index contributed by atoms with van der Waals surface area (Å²) in [6, 6.07) is 10.5. The maximum Gasteiger partial charge on any atom is 0.0240 e. The maximum absolute atomic E-state index is 3.55. The third-order valence-corrected chi connectivity index (χ3v) is 4.59. The summed E-state index contributed by atoms with van der Waals surface area (Å²) < 4.78 is 1.20. The molecule has 16 heavy (non-hydrogen) atoms. The summed E-state index contributed by atoms with van der Waals surface area (Å²) in [7, 11) is 0. The smallest absolute Gasteiger partial charge is 0.0240 e. The van der Waals surface area contributed by atoms with Crippen LogP contribution in [0.3, 0.4) is 0 Å². The van der Waals surface area contributed by atoms with E-state index < -0.39 is 0 Å². The summed E-state index contributed by atoms with van der Waals surface area (Å²) in [5, 5.41) is 0. The summed E-state index contributed by atoms with van der Waals surface area (Å²) in [5.41, 5.74) is 1.45. The van der Waals surface area contributed by atoms with Crippen molar-refractivity contribution in [2.24, 2.45) is 0 Å². The van der Waals surface area contributed by atoms with Crippen molar-refractivity contribution in [2.45, 2.75) is 50.7 Å². The van der Waals surface area contributed by atoms with Crippen molar-refractivity contribution in [3.63, 3.8) is 0 Å². The Morgan fingerprint density at radius 3 is 2.56 bits per heavy atom. The molecule has 0 saturated carbocycles. The van der Waals surface area contributed by atoms with Gasteiger partial charge in [-0.05, 0) is 43.4 Å². The molecule has 86 valence electrons. The molecule has 0 N–H and O–H groups in total. The van der Waals surface area contributed by atoms with E-state index in [-0.39, 0.29) is 0 Å². The van der Waals surface area contributed by atoms with E-state index in [4.69, 9.17) is 0 Å². The van der Waals surface area contributed by atoms with Gasteiger partial charge < -0.3 is 0 Å². The molecule has 1 nitrogen and oxygen atoms in total. The molecule has 2 aliphatic rings. The fraction of sp³-hybridized carbons (Fsp3) is 0.571. The molecule has 2 heteroatoms. The van der Waals surface area contributed by atoms with Gasteiger partial charge in [-0.3, -0.25) is 4.90 Å². The van der Waals surface area contributed by atoms with E-state index in [2.05, 4.69) is 45.1 Å². The van der Waals surface area contributed by atoms with Gasteiger partial charge in [0, 0.05) is 23.1 Å². The van der Waals surface area contributed by atoms with Gasteiger partial charge in [-0.25, -0.2) is 0 Å². The van der Waals surface area contributed by atoms with Crippen molar-refractivity contribution in [3.8, 4) is 0 Å². The van der Waals surface area contributed by atoms with Crippen LogP contribution in [0.5, 0.6) is 0 Å². The Morgan fingerprint density at radius 1 is 1.12 bits per heavy atom. The normalized spacial score (nSPS) is 29.6. The number of hydrogen-bond donors (Lipinski definition) is 0. The monoisotopic (exact) mass is 279 g/mol. The van der Waals surface area contributed by atoms with Gasteiger partial charge in [0.25, 0.3) is 0 Å². The van der Waals surface area contributed by atoms with Gasteiger partial charge in [0.2, 0.25) is 0 Å². The molecule has 2 fully saturated rings. The molecule has 1 aromatic rings. The van der Waals surface area contributed by atoms with Crippen LogP contribution in [0, 0.1) is 0 Å². The molecule has 1 aromatic carbocycles. The van der Waals surface area contributed by atoms with Crippen LogP contribution in [0.4, 0.5) is 0 Å². The first-order valence-electron chi connectivity index (χ1n) is 6.33. The number of halogens is 1. The van der Waals surface area contributed by atoms with Crippen LogP contribution in [-0.2, 0) is 6.54 Å². The zero-order valence-electron chi connectivity index (χ0n) is 9.53. The fourth-order valence-electron chi connectivity index (χ4n) is 3.33. The first-order chi connectivity index (χ1) is 7.83. The molecule has 0 spiro atoms. The van der Waals surface area contributed by atoms with Gasteiger partial charge in [-0.2, -0.15) is 0 Å². The second-order valence-electron chi connectivity index (χ2n) is 5.12. The lowest BCUT2D eigenvalue weighted by Crippen LogP contribution is -2.38. The van der Waals surface area contributed by atoms with Crippen molar-refractivity contribution in [1.82, 2.24) is 4.90 Å². The van der Waals surface area contributed by atoms with E-state index in [1.54, 1.807) is 0 Å². The highest BCUT2D eigenvalue weighted by atomic mass is 79.9. The maximum atomic E-state index is 3.55. The van der Waals surface area contributed by atoms with Crippen LogP contribution < -0.4 is 0 Å². The minimum Gasteiger partial charge on any atom is -0.293 e. The summed E-state index contributed by atoms with van der Waals surface area (Å²) in [5.74, 6) is 0. The molecule has 0 aliphatic carbocycles. The second-order valence-corrected chi connectivity index (χ2v) is 6.03. The first-order valence-corrected chi connectivity index (χ1v) is 7.12. The number of rotatable bonds is 2. The standard InChI is InChI=1S/C14H18BrN/c15-12-4-1-3-11(9-12)10-16-13-5-2-6-14(16)8-7-13/h1,3-4,9,13-14H,2,5-8,10H2/t13-,14+. The average Bonchev–Trinajstić information content (AvgIpc) is 2.51. The van der Waals surface area contributed by atoms with Crippen molar-refractivity contribution >= 4 is 15.9 Å². The highest BCUT2D eigenvalue weighted by molar-refractivity contribution is 9.10. The van der Waals surface area contributed by atoms with Crippen molar-refractivity contribution in [2.75, 3.05) is 0 Å². The highest BCUT2D eigenvalue weighted by Crippen LogP contribution is 2.36. The van der Waals surface area contributed by atoms with E-state index in [0.29, 0.717) is 0 Å². The molecule has 2 heterocycles. The third-order valence-electron chi connectivity index (χ3n) is 4.10.